The number of rotatable bonds is 2. The Morgan fingerprint density at radius 1 is 0.938 bits per heavy atom. The van der Waals surface area contributed by atoms with Gasteiger partial charge in [0.15, 0.2) is 0 Å². The predicted octanol–water partition coefficient (Wildman–Crippen LogP) is 2.25. The van der Waals surface area contributed by atoms with Crippen molar-refractivity contribution in [3.63, 3.8) is 0 Å². The molecule has 0 unspecified atom stereocenters. The van der Waals surface area contributed by atoms with Crippen LogP contribution in [0.25, 0.3) is 0 Å². The van der Waals surface area contributed by atoms with E-state index in [1.165, 1.54) is 25.7 Å². The highest BCUT2D eigenvalue weighted by Gasteiger charge is 2.25. The van der Waals surface area contributed by atoms with Gasteiger partial charge in [0, 0.05) is 0 Å². The van der Waals surface area contributed by atoms with Crippen molar-refractivity contribution in [2.45, 2.75) is 57.5 Å². The molecule has 2 rings (SSSR count). The van der Waals surface area contributed by atoms with Crippen LogP contribution in [0.5, 0.6) is 0 Å². The van der Waals surface area contributed by atoms with Crippen molar-refractivity contribution >= 4 is 5.97 Å². The predicted molar refractivity (Wildman–Crippen MR) is 63.2 cm³/mol. The van der Waals surface area contributed by atoms with E-state index < -0.39 is 0 Å². The van der Waals surface area contributed by atoms with Crippen molar-refractivity contribution in [2.75, 3.05) is 13.1 Å². The van der Waals surface area contributed by atoms with Gasteiger partial charge < -0.3 is 10.1 Å². The fraction of sp³-hybridized carbons (Fsp3) is 0.923. The number of carbonyl (C=O) groups excluding carboxylic acids is 1. The fourth-order valence-electron chi connectivity index (χ4n) is 2.68. The normalized spacial score (nSPS) is 25.0. The van der Waals surface area contributed by atoms with Crippen molar-refractivity contribution in [1.82, 2.24) is 5.32 Å². The van der Waals surface area contributed by atoms with Crippen LogP contribution in [0.2, 0.25) is 0 Å². The van der Waals surface area contributed by atoms with Gasteiger partial charge in [-0.25, -0.2) is 0 Å². The largest absolute Gasteiger partial charge is 0.462 e. The van der Waals surface area contributed by atoms with Gasteiger partial charge >= 0.3 is 5.97 Å². The number of hydrogen-bond donors (Lipinski definition) is 1. The smallest absolute Gasteiger partial charge is 0.309 e. The molecule has 1 saturated heterocycles. The molecule has 92 valence electrons. The van der Waals surface area contributed by atoms with Gasteiger partial charge in [-0.3, -0.25) is 4.79 Å². The van der Waals surface area contributed by atoms with E-state index in [4.69, 9.17) is 4.74 Å². The molecule has 0 radical (unpaired) electrons. The van der Waals surface area contributed by atoms with E-state index in [0.717, 1.165) is 38.8 Å². The van der Waals surface area contributed by atoms with E-state index in [9.17, 15) is 4.79 Å². The first-order chi connectivity index (χ1) is 7.86. The zero-order valence-electron chi connectivity index (χ0n) is 10.0. The summed E-state index contributed by atoms with van der Waals surface area (Å²) in [6.07, 6.45) is 9.34. The molecule has 16 heavy (non-hydrogen) atoms. The topological polar surface area (TPSA) is 38.3 Å². The molecule has 2 fully saturated rings. The van der Waals surface area contributed by atoms with Crippen LogP contribution in [-0.4, -0.2) is 25.2 Å². The number of ether oxygens (including phenoxy) is 1. The van der Waals surface area contributed by atoms with Gasteiger partial charge in [0.25, 0.3) is 0 Å². The average Bonchev–Trinajstić information content (AvgIpc) is 2.59. The van der Waals surface area contributed by atoms with E-state index in [0.29, 0.717) is 0 Å². The molecule has 0 atom stereocenters. The quantitative estimate of drug-likeness (QED) is 0.578. The Balaban J connectivity index is 1.76. The van der Waals surface area contributed by atoms with Gasteiger partial charge in [0.05, 0.1) is 5.92 Å². The molecule has 0 amide bonds. The molecule has 0 aromatic heterocycles. The molecule has 2 aliphatic rings. The Morgan fingerprint density at radius 2 is 1.56 bits per heavy atom. The summed E-state index contributed by atoms with van der Waals surface area (Å²) < 4.78 is 5.64. The molecule has 0 spiro atoms. The van der Waals surface area contributed by atoms with E-state index in [1.807, 2.05) is 0 Å². The lowest BCUT2D eigenvalue weighted by Gasteiger charge is -2.24. The summed E-state index contributed by atoms with van der Waals surface area (Å²) in [6.45, 7) is 1.93. The summed E-state index contributed by atoms with van der Waals surface area (Å²) in [7, 11) is 0. The number of carbonyl (C=O) groups is 1. The summed E-state index contributed by atoms with van der Waals surface area (Å²) >= 11 is 0. The molecule has 0 aromatic rings. The van der Waals surface area contributed by atoms with Gasteiger partial charge in [0.1, 0.15) is 6.10 Å². The van der Waals surface area contributed by atoms with Crippen LogP contribution in [-0.2, 0) is 9.53 Å². The fourth-order valence-corrected chi connectivity index (χ4v) is 2.68. The Morgan fingerprint density at radius 3 is 2.19 bits per heavy atom. The SMILES string of the molecule is O=C(OC1CCCCCC1)C1CCNCC1. The molecule has 1 aliphatic carbocycles. The van der Waals surface area contributed by atoms with Gasteiger partial charge in [0.2, 0.25) is 0 Å². The third kappa shape index (κ3) is 3.48. The molecule has 3 heteroatoms. The second-order valence-corrected chi connectivity index (χ2v) is 5.07. The van der Waals surface area contributed by atoms with Gasteiger partial charge in [-0.15, -0.1) is 0 Å². The molecule has 1 heterocycles. The second-order valence-electron chi connectivity index (χ2n) is 5.07. The molecule has 0 aromatic carbocycles. The Kier molecular flexibility index (Phi) is 4.64. The van der Waals surface area contributed by atoms with Crippen molar-refractivity contribution in [2.24, 2.45) is 5.92 Å². The monoisotopic (exact) mass is 225 g/mol. The van der Waals surface area contributed by atoms with Crippen molar-refractivity contribution in [3.05, 3.63) is 0 Å². The highest BCUT2D eigenvalue weighted by molar-refractivity contribution is 5.72. The van der Waals surface area contributed by atoms with Crippen LogP contribution >= 0.6 is 0 Å². The molecule has 3 nitrogen and oxygen atoms in total. The lowest BCUT2D eigenvalue weighted by atomic mass is 9.98. The van der Waals surface area contributed by atoms with Crippen molar-refractivity contribution in [1.29, 1.82) is 0 Å². The molecule has 1 saturated carbocycles. The highest BCUT2D eigenvalue weighted by atomic mass is 16.5. The van der Waals surface area contributed by atoms with E-state index in [2.05, 4.69) is 5.32 Å². The summed E-state index contributed by atoms with van der Waals surface area (Å²) in [5.74, 6) is 0.220. The standard InChI is InChI=1S/C13H23NO2/c15-13(11-7-9-14-10-8-11)16-12-5-3-1-2-4-6-12/h11-12,14H,1-10H2. The van der Waals surface area contributed by atoms with E-state index in [1.54, 1.807) is 0 Å². The van der Waals surface area contributed by atoms with Crippen LogP contribution in [0.3, 0.4) is 0 Å². The van der Waals surface area contributed by atoms with Crippen LogP contribution in [0.15, 0.2) is 0 Å². The van der Waals surface area contributed by atoms with E-state index in [-0.39, 0.29) is 18.0 Å². The maximum absolute atomic E-state index is 11.9. The van der Waals surface area contributed by atoms with Gasteiger partial charge in [-0.1, -0.05) is 12.8 Å². The van der Waals surface area contributed by atoms with Crippen LogP contribution in [0.1, 0.15) is 51.4 Å². The van der Waals surface area contributed by atoms with Crippen molar-refractivity contribution in [3.8, 4) is 0 Å². The Hall–Kier alpha value is -0.570. The van der Waals surface area contributed by atoms with Crippen LogP contribution in [0.4, 0.5) is 0 Å². The second kappa shape index (κ2) is 6.24. The van der Waals surface area contributed by atoms with E-state index >= 15 is 0 Å². The zero-order chi connectivity index (χ0) is 11.2. The van der Waals surface area contributed by atoms with Crippen LogP contribution < -0.4 is 5.32 Å². The summed E-state index contributed by atoms with van der Waals surface area (Å²) in [5.41, 5.74) is 0. The van der Waals surface area contributed by atoms with Crippen LogP contribution in [0, 0.1) is 5.92 Å². The number of nitrogens with one attached hydrogen (secondary N) is 1. The first kappa shape index (κ1) is 11.9. The lowest BCUT2D eigenvalue weighted by molar-refractivity contribution is -0.155. The molecule has 0 bridgehead atoms. The summed E-state index contributed by atoms with van der Waals surface area (Å²) in [4.78, 5) is 11.9. The maximum Gasteiger partial charge on any atom is 0.309 e. The Bertz CT molecular complexity index is 216. The molecule has 1 aliphatic heterocycles. The first-order valence-corrected chi connectivity index (χ1v) is 6.77. The average molecular weight is 225 g/mol. The van der Waals surface area contributed by atoms with Gasteiger partial charge in [-0.05, 0) is 51.6 Å². The third-order valence-corrected chi connectivity index (χ3v) is 3.76. The minimum atomic E-state index is 0.0633. The van der Waals surface area contributed by atoms with Crippen molar-refractivity contribution < 1.29 is 9.53 Å². The molecule has 1 N–H and O–H groups in total. The highest BCUT2D eigenvalue weighted by Crippen LogP contribution is 2.22. The Labute approximate surface area is 97.9 Å². The minimum absolute atomic E-state index is 0.0633. The summed E-state index contributed by atoms with van der Waals surface area (Å²) in [5, 5.41) is 3.28. The molecular formula is C13H23NO2. The number of piperidine rings is 1. The summed E-state index contributed by atoms with van der Waals surface area (Å²) in [6, 6.07) is 0. The maximum atomic E-state index is 11.9. The minimum Gasteiger partial charge on any atom is -0.462 e. The lowest BCUT2D eigenvalue weighted by Crippen LogP contribution is -2.34. The first-order valence-electron chi connectivity index (χ1n) is 6.77. The zero-order valence-corrected chi connectivity index (χ0v) is 10.0. The molecular weight excluding hydrogens is 202 g/mol. The number of hydrogen-bond acceptors (Lipinski definition) is 3. The third-order valence-electron chi connectivity index (χ3n) is 3.76. The van der Waals surface area contributed by atoms with Gasteiger partial charge in [-0.2, -0.15) is 0 Å². The number of esters is 1.